The highest BCUT2D eigenvalue weighted by Crippen LogP contribution is 2.35. The summed E-state index contributed by atoms with van der Waals surface area (Å²) in [5.41, 5.74) is 7.10. The van der Waals surface area contributed by atoms with E-state index in [1.54, 1.807) is 12.1 Å². The maximum absolute atomic E-state index is 9.96. The number of phenols is 1. The van der Waals surface area contributed by atoms with E-state index in [4.69, 9.17) is 11.0 Å². The standard InChI is InChI=1S/C12H9BrN2OS/c13-9-5-7(6-14)4-8(12(9)16)11(15)10-2-1-3-17-10/h1-5,11,16H,15H2/t11-/m1/s1. The minimum absolute atomic E-state index is 0.0879. The molecule has 17 heavy (non-hydrogen) atoms. The molecule has 0 saturated carbocycles. The van der Waals surface area contributed by atoms with Crippen LogP contribution in [0, 0.1) is 11.3 Å². The molecule has 0 saturated heterocycles. The average Bonchev–Trinajstić information content (AvgIpc) is 2.85. The first kappa shape index (κ1) is 12.1. The largest absolute Gasteiger partial charge is 0.506 e. The predicted molar refractivity (Wildman–Crippen MR) is 70.9 cm³/mol. The van der Waals surface area contributed by atoms with Gasteiger partial charge in [-0.2, -0.15) is 5.26 Å². The minimum atomic E-state index is -0.417. The Morgan fingerprint density at radius 1 is 1.47 bits per heavy atom. The zero-order valence-electron chi connectivity index (χ0n) is 8.72. The molecule has 1 aromatic carbocycles. The van der Waals surface area contributed by atoms with Gasteiger partial charge in [-0.05, 0) is 39.5 Å². The molecule has 0 aliphatic heterocycles. The number of rotatable bonds is 2. The van der Waals surface area contributed by atoms with Gasteiger partial charge in [-0.1, -0.05) is 6.07 Å². The molecule has 1 aromatic heterocycles. The molecular weight excluding hydrogens is 300 g/mol. The first-order valence-electron chi connectivity index (χ1n) is 4.85. The Balaban J connectivity index is 2.52. The van der Waals surface area contributed by atoms with E-state index in [2.05, 4.69) is 15.9 Å². The number of nitriles is 1. The van der Waals surface area contributed by atoms with Crippen LogP contribution < -0.4 is 5.73 Å². The van der Waals surface area contributed by atoms with Gasteiger partial charge >= 0.3 is 0 Å². The molecule has 0 aliphatic rings. The van der Waals surface area contributed by atoms with Crippen LogP contribution in [0.3, 0.4) is 0 Å². The lowest BCUT2D eigenvalue weighted by Gasteiger charge is -2.13. The highest BCUT2D eigenvalue weighted by Gasteiger charge is 2.17. The molecule has 1 atom stereocenters. The van der Waals surface area contributed by atoms with Crippen molar-refractivity contribution in [2.75, 3.05) is 0 Å². The second-order valence-corrected chi connectivity index (χ2v) is 5.33. The van der Waals surface area contributed by atoms with Crippen molar-refractivity contribution in [1.82, 2.24) is 0 Å². The van der Waals surface area contributed by atoms with E-state index in [1.807, 2.05) is 23.6 Å². The molecule has 86 valence electrons. The molecular formula is C12H9BrN2OS. The third-order valence-corrected chi connectivity index (χ3v) is 3.97. The Kier molecular flexibility index (Phi) is 3.48. The number of phenolic OH excluding ortho intramolecular Hbond substituents is 1. The maximum Gasteiger partial charge on any atom is 0.134 e. The first-order valence-corrected chi connectivity index (χ1v) is 6.52. The third kappa shape index (κ3) is 2.34. The van der Waals surface area contributed by atoms with Gasteiger partial charge in [-0.25, -0.2) is 0 Å². The number of benzene rings is 1. The smallest absolute Gasteiger partial charge is 0.134 e. The molecule has 0 unspecified atom stereocenters. The molecule has 0 aliphatic carbocycles. The Bertz CT molecular complexity index is 575. The zero-order chi connectivity index (χ0) is 12.4. The molecule has 1 heterocycles. The van der Waals surface area contributed by atoms with Crippen molar-refractivity contribution in [1.29, 1.82) is 5.26 Å². The highest BCUT2D eigenvalue weighted by molar-refractivity contribution is 9.10. The fourth-order valence-corrected chi connectivity index (χ4v) is 2.76. The van der Waals surface area contributed by atoms with Crippen LogP contribution >= 0.6 is 27.3 Å². The van der Waals surface area contributed by atoms with Gasteiger partial charge in [0.15, 0.2) is 0 Å². The van der Waals surface area contributed by atoms with Gasteiger partial charge in [0.2, 0.25) is 0 Å². The summed E-state index contributed by atoms with van der Waals surface area (Å²) in [5.74, 6) is 0.0879. The van der Waals surface area contributed by atoms with Gasteiger partial charge in [0.05, 0.1) is 22.1 Å². The molecule has 0 bridgehead atoms. The van der Waals surface area contributed by atoms with Gasteiger partial charge in [0.25, 0.3) is 0 Å². The van der Waals surface area contributed by atoms with Gasteiger partial charge in [-0.3, -0.25) is 0 Å². The number of nitrogens with two attached hydrogens (primary N) is 1. The second-order valence-electron chi connectivity index (χ2n) is 3.50. The Hall–Kier alpha value is -1.35. The van der Waals surface area contributed by atoms with Gasteiger partial charge in [0, 0.05) is 10.4 Å². The third-order valence-electron chi connectivity index (χ3n) is 2.41. The molecule has 3 nitrogen and oxygen atoms in total. The van der Waals surface area contributed by atoms with Crippen molar-refractivity contribution in [3.8, 4) is 11.8 Å². The van der Waals surface area contributed by atoms with E-state index >= 15 is 0 Å². The van der Waals surface area contributed by atoms with E-state index in [0.29, 0.717) is 15.6 Å². The Labute approximate surface area is 111 Å². The molecule has 3 N–H and O–H groups in total. The summed E-state index contributed by atoms with van der Waals surface area (Å²) >= 11 is 4.74. The van der Waals surface area contributed by atoms with E-state index < -0.39 is 6.04 Å². The van der Waals surface area contributed by atoms with E-state index in [1.165, 1.54) is 11.3 Å². The highest BCUT2D eigenvalue weighted by atomic mass is 79.9. The number of halogens is 1. The SMILES string of the molecule is N#Cc1cc(Br)c(O)c([C@@H](N)c2cccs2)c1. The van der Waals surface area contributed by atoms with Crippen molar-refractivity contribution in [3.05, 3.63) is 50.1 Å². The van der Waals surface area contributed by atoms with Crippen molar-refractivity contribution in [2.24, 2.45) is 5.73 Å². The topological polar surface area (TPSA) is 70.0 Å². The molecule has 5 heteroatoms. The van der Waals surface area contributed by atoms with Gasteiger partial charge < -0.3 is 10.8 Å². The van der Waals surface area contributed by atoms with Gasteiger partial charge in [0.1, 0.15) is 5.75 Å². The lowest BCUT2D eigenvalue weighted by molar-refractivity contribution is 0.462. The zero-order valence-corrected chi connectivity index (χ0v) is 11.1. The number of hydrogen-bond donors (Lipinski definition) is 2. The summed E-state index contributed by atoms with van der Waals surface area (Å²) < 4.78 is 0.485. The summed E-state index contributed by atoms with van der Waals surface area (Å²) in [7, 11) is 0. The number of hydrogen-bond acceptors (Lipinski definition) is 4. The molecule has 0 amide bonds. The van der Waals surface area contributed by atoms with Crippen LogP contribution in [0.25, 0.3) is 0 Å². The Morgan fingerprint density at radius 2 is 2.24 bits per heavy atom. The first-order chi connectivity index (χ1) is 8.13. The lowest BCUT2D eigenvalue weighted by atomic mass is 10.0. The van der Waals surface area contributed by atoms with Crippen LogP contribution in [0.4, 0.5) is 0 Å². The maximum atomic E-state index is 9.96. The summed E-state index contributed by atoms with van der Waals surface area (Å²) in [6.45, 7) is 0. The lowest BCUT2D eigenvalue weighted by Crippen LogP contribution is -2.10. The molecule has 0 spiro atoms. The molecule has 2 aromatic rings. The molecule has 0 fully saturated rings. The number of nitrogens with zero attached hydrogens (tertiary/aromatic N) is 1. The molecule has 0 radical (unpaired) electrons. The predicted octanol–water partition coefficient (Wildman–Crippen LogP) is 3.14. The minimum Gasteiger partial charge on any atom is -0.506 e. The van der Waals surface area contributed by atoms with Crippen molar-refractivity contribution in [3.63, 3.8) is 0 Å². The fourth-order valence-electron chi connectivity index (χ4n) is 1.54. The summed E-state index contributed by atoms with van der Waals surface area (Å²) in [6, 6.07) is 8.62. The monoisotopic (exact) mass is 308 g/mol. The average molecular weight is 309 g/mol. The van der Waals surface area contributed by atoms with Crippen LogP contribution in [0.5, 0.6) is 5.75 Å². The van der Waals surface area contributed by atoms with Gasteiger partial charge in [-0.15, -0.1) is 11.3 Å². The van der Waals surface area contributed by atoms with Crippen molar-refractivity contribution >= 4 is 27.3 Å². The van der Waals surface area contributed by atoms with Crippen LogP contribution in [0.15, 0.2) is 34.1 Å². The normalized spacial score (nSPS) is 12.1. The number of thiophene rings is 1. The summed E-state index contributed by atoms with van der Waals surface area (Å²) in [6.07, 6.45) is 0. The van der Waals surface area contributed by atoms with Crippen LogP contribution in [0.1, 0.15) is 22.0 Å². The van der Waals surface area contributed by atoms with Crippen molar-refractivity contribution in [2.45, 2.75) is 6.04 Å². The van der Waals surface area contributed by atoms with Crippen LogP contribution in [-0.4, -0.2) is 5.11 Å². The molecule has 2 rings (SSSR count). The quantitative estimate of drug-likeness (QED) is 0.895. The van der Waals surface area contributed by atoms with E-state index in [-0.39, 0.29) is 5.75 Å². The number of aromatic hydroxyl groups is 1. The van der Waals surface area contributed by atoms with Crippen molar-refractivity contribution < 1.29 is 5.11 Å². The summed E-state index contributed by atoms with van der Waals surface area (Å²) in [5, 5.41) is 20.8. The summed E-state index contributed by atoms with van der Waals surface area (Å²) in [4.78, 5) is 0.947. The second kappa shape index (κ2) is 4.88. The van der Waals surface area contributed by atoms with Crippen LogP contribution in [-0.2, 0) is 0 Å². The van der Waals surface area contributed by atoms with E-state index in [9.17, 15) is 5.11 Å². The van der Waals surface area contributed by atoms with Crippen LogP contribution in [0.2, 0.25) is 0 Å². The van der Waals surface area contributed by atoms with E-state index in [0.717, 1.165) is 4.88 Å². The Morgan fingerprint density at radius 3 is 2.82 bits per heavy atom. The fraction of sp³-hybridized carbons (Fsp3) is 0.0833.